The average Bonchev–Trinajstić information content (AvgIpc) is 2.54. The molecular weight excluding hydrogens is 330 g/mol. The monoisotopic (exact) mass is 347 g/mol. The summed E-state index contributed by atoms with van der Waals surface area (Å²) in [5, 5.41) is 3.25. The van der Waals surface area contributed by atoms with Crippen LogP contribution in [0.1, 0.15) is 11.1 Å². The molecule has 0 aromatic heterocycles. The minimum atomic E-state index is -0.612. The number of hydrogen-bond acceptors (Lipinski definition) is 4. The quantitative estimate of drug-likeness (QED) is 0.812. The summed E-state index contributed by atoms with van der Waals surface area (Å²) in [6, 6.07) is 12.4. The summed E-state index contributed by atoms with van der Waals surface area (Å²) in [4.78, 5) is 23.4. The van der Waals surface area contributed by atoms with Gasteiger partial charge in [-0.2, -0.15) is 0 Å². The molecule has 1 N–H and O–H groups in total. The van der Waals surface area contributed by atoms with E-state index in [-0.39, 0.29) is 13.2 Å². The predicted molar refractivity (Wildman–Crippen MR) is 92.5 cm³/mol. The molecule has 2 aromatic carbocycles. The highest BCUT2D eigenvalue weighted by Gasteiger charge is 2.10. The molecule has 0 fully saturated rings. The Bertz CT molecular complexity index is 746. The van der Waals surface area contributed by atoms with Gasteiger partial charge in [0, 0.05) is 10.7 Å². The van der Waals surface area contributed by atoms with Crippen LogP contribution in [0.2, 0.25) is 5.02 Å². The number of nitrogens with one attached hydrogen (secondary N) is 1. The summed E-state index contributed by atoms with van der Waals surface area (Å²) >= 11 is 5.86. The zero-order chi connectivity index (χ0) is 17.5. The van der Waals surface area contributed by atoms with Crippen molar-refractivity contribution >= 4 is 29.2 Å². The van der Waals surface area contributed by atoms with Crippen molar-refractivity contribution in [2.24, 2.45) is 0 Å². The zero-order valence-corrected chi connectivity index (χ0v) is 14.2. The second kappa shape index (κ2) is 8.36. The molecule has 0 aliphatic carbocycles. The molecule has 1 amide bonds. The molecule has 0 heterocycles. The maximum atomic E-state index is 11.8. The molecule has 0 saturated carbocycles. The van der Waals surface area contributed by atoms with Crippen molar-refractivity contribution in [2.75, 3.05) is 18.5 Å². The number of carbonyl (C=O) groups is 2. The Morgan fingerprint density at radius 3 is 2.58 bits per heavy atom. The first kappa shape index (κ1) is 17.8. The third-order valence-corrected chi connectivity index (χ3v) is 3.41. The lowest BCUT2D eigenvalue weighted by atomic mass is 10.2. The van der Waals surface area contributed by atoms with Crippen molar-refractivity contribution in [1.82, 2.24) is 0 Å². The number of carbonyl (C=O) groups excluding carboxylic acids is 2. The zero-order valence-electron chi connectivity index (χ0n) is 13.5. The minimum absolute atomic E-state index is 0.253. The van der Waals surface area contributed by atoms with E-state index in [1.165, 1.54) is 0 Å². The van der Waals surface area contributed by atoms with E-state index in [1.807, 2.05) is 32.0 Å². The molecule has 0 saturated heterocycles. The van der Waals surface area contributed by atoms with Crippen molar-refractivity contribution in [3.63, 3.8) is 0 Å². The van der Waals surface area contributed by atoms with Crippen LogP contribution in [-0.4, -0.2) is 25.1 Å². The number of esters is 1. The summed E-state index contributed by atoms with van der Waals surface area (Å²) in [6.45, 7) is 3.12. The first-order valence-electron chi connectivity index (χ1n) is 7.35. The number of anilines is 1. The number of aryl methyl sites for hydroxylation is 2. The lowest BCUT2D eigenvalue weighted by Gasteiger charge is -2.10. The van der Waals surface area contributed by atoms with Crippen LogP contribution in [0.4, 0.5) is 5.69 Å². The maximum Gasteiger partial charge on any atom is 0.344 e. The molecule has 0 atom stereocenters. The normalized spacial score (nSPS) is 10.1. The van der Waals surface area contributed by atoms with Crippen LogP contribution < -0.4 is 10.1 Å². The van der Waals surface area contributed by atoms with Crippen molar-refractivity contribution in [3.05, 3.63) is 58.6 Å². The fourth-order valence-corrected chi connectivity index (χ4v) is 2.22. The number of benzene rings is 2. The summed E-state index contributed by atoms with van der Waals surface area (Å²) in [5.41, 5.74) is 2.47. The van der Waals surface area contributed by atoms with Gasteiger partial charge in [-0.1, -0.05) is 23.7 Å². The number of ether oxygens (including phenoxy) is 2. The summed E-state index contributed by atoms with van der Waals surface area (Å²) in [6.07, 6.45) is 0. The van der Waals surface area contributed by atoms with Crippen molar-refractivity contribution in [1.29, 1.82) is 0 Å². The molecule has 0 bridgehead atoms. The van der Waals surface area contributed by atoms with Crippen molar-refractivity contribution in [3.8, 4) is 5.75 Å². The van der Waals surface area contributed by atoms with Gasteiger partial charge >= 0.3 is 5.97 Å². The largest absolute Gasteiger partial charge is 0.482 e. The second-order valence-electron chi connectivity index (χ2n) is 5.27. The Labute approximate surface area is 145 Å². The van der Waals surface area contributed by atoms with Gasteiger partial charge in [0.15, 0.2) is 13.2 Å². The standard InChI is InChI=1S/C18H18ClNO4/c1-12-4-3-5-15(8-12)23-11-18(22)24-10-17(21)20-16-7-6-14(19)9-13(16)2/h3-9H,10-11H2,1-2H3,(H,20,21). The Hall–Kier alpha value is -2.53. The molecule has 0 aliphatic heterocycles. The first-order chi connectivity index (χ1) is 11.4. The summed E-state index contributed by atoms with van der Waals surface area (Å²) in [7, 11) is 0. The molecule has 2 aromatic rings. The van der Waals surface area contributed by atoms with Crippen LogP contribution >= 0.6 is 11.6 Å². The highest BCUT2D eigenvalue weighted by atomic mass is 35.5. The molecule has 2 rings (SSSR count). The third-order valence-electron chi connectivity index (χ3n) is 3.17. The molecule has 0 radical (unpaired) electrons. The van der Waals surface area contributed by atoms with E-state index in [1.54, 1.807) is 24.3 Å². The van der Waals surface area contributed by atoms with Crippen LogP contribution in [0, 0.1) is 13.8 Å². The van der Waals surface area contributed by atoms with Gasteiger partial charge in [-0.3, -0.25) is 4.79 Å². The van der Waals surface area contributed by atoms with Gasteiger partial charge in [0.1, 0.15) is 5.75 Å². The van der Waals surface area contributed by atoms with Gasteiger partial charge in [0.2, 0.25) is 0 Å². The van der Waals surface area contributed by atoms with Crippen molar-refractivity contribution < 1.29 is 19.1 Å². The Kier molecular flexibility index (Phi) is 6.21. The first-order valence-corrected chi connectivity index (χ1v) is 7.73. The molecule has 0 spiro atoms. The number of hydrogen-bond donors (Lipinski definition) is 1. The highest BCUT2D eigenvalue weighted by molar-refractivity contribution is 6.30. The van der Waals surface area contributed by atoms with Crippen LogP contribution in [0.3, 0.4) is 0 Å². The lowest BCUT2D eigenvalue weighted by Crippen LogP contribution is -2.24. The number of rotatable bonds is 6. The minimum Gasteiger partial charge on any atom is -0.482 e. The van der Waals surface area contributed by atoms with E-state index in [9.17, 15) is 9.59 Å². The van der Waals surface area contributed by atoms with Crippen molar-refractivity contribution in [2.45, 2.75) is 13.8 Å². The van der Waals surface area contributed by atoms with E-state index in [2.05, 4.69) is 5.32 Å². The fourth-order valence-electron chi connectivity index (χ4n) is 1.99. The van der Waals surface area contributed by atoms with E-state index in [4.69, 9.17) is 21.1 Å². The highest BCUT2D eigenvalue weighted by Crippen LogP contribution is 2.19. The molecule has 24 heavy (non-hydrogen) atoms. The third kappa shape index (κ3) is 5.59. The fraction of sp³-hybridized carbons (Fsp3) is 0.222. The molecule has 0 unspecified atom stereocenters. The van der Waals surface area contributed by atoms with E-state index >= 15 is 0 Å². The average molecular weight is 348 g/mol. The van der Waals surface area contributed by atoms with Crippen LogP contribution in [0.25, 0.3) is 0 Å². The van der Waals surface area contributed by atoms with Crippen LogP contribution in [0.5, 0.6) is 5.75 Å². The molecule has 6 heteroatoms. The van der Waals surface area contributed by atoms with Gasteiger partial charge in [0.25, 0.3) is 5.91 Å². The summed E-state index contributed by atoms with van der Waals surface area (Å²) < 4.78 is 10.2. The number of halogens is 1. The van der Waals surface area contributed by atoms with E-state index in [0.717, 1.165) is 11.1 Å². The topological polar surface area (TPSA) is 64.6 Å². The smallest absolute Gasteiger partial charge is 0.344 e. The Balaban J connectivity index is 1.75. The van der Waals surface area contributed by atoms with Crippen LogP contribution in [-0.2, 0) is 14.3 Å². The second-order valence-corrected chi connectivity index (χ2v) is 5.71. The predicted octanol–water partition coefficient (Wildman–Crippen LogP) is 3.52. The lowest BCUT2D eigenvalue weighted by molar-refractivity contribution is -0.149. The van der Waals surface area contributed by atoms with Gasteiger partial charge < -0.3 is 14.8 Å². The van der Waals surface area contributed by atoms with Crippen LogP contribution in [0.15, 0.2) is 42.5 Å². The van der Waals surface area contributed by atoms with Gasteiger partial charge in [0.05, 0.1) is 0 Å². The van der Waals surface area contributed by atoms with Gasteiger partial charge in [-0.15, -0.1) is 0 Å². The number of amides is 1. The maximum absolute atomic E-state index is 11.8. The summed E-state index contributed by atoms with van der Waals surface area (Å²) in [5.74, 6) is -0.461. The molecule has 126 valence electrons. The SMILES string of the molecule is Cc1cccc(OCC(=O)OCC(=O)Nc2ccc(Cl)cc2C)c1. The van der Waals surface area contributed by atoms with E-state index in [0.29, 0.717) is 16.5 Å². The molecular formula is C18H18ClNO4. The van der Waals surface area contributed by atoms with E-state index < -0.39 is 11.9 Å². The van der Waals surface area contributed by atoms with Gasteiger partial charge in [-0.05, 0) is 55.3 Å². The van der Waals surface area contributed by atoms with Gasteiger partial charge in [-0.25, -0.2) is 4.79 Å². The Morgan fingerprint density at radius 2 is 1.88 bits per heavy atom. The molecule has 5 nitrogen and oxygen atoms in total. The molecule has 0 aliphatic rings. The Morgan fingerprint density at radius 1 is 1.08 bits per heavy atom.